The second kappa shape index (κ2) is 13.7. The Labute approximate surface area is 250 Å². The molecule has 42 heavy (non-hydrogen) atoms. The minimum Gasteiger partial charge on any atom is -0.491 e. The van der Waals surface area contributed by atoms with Crippen LogP contribution < -0.4 is 29.1 Å². The van der Waals surface area contributed by atoms with Crippen LogP contribution in [-0.4, -0.2) is 36.5 Å². The molecule has 0 radical (unpaired) electrons. The highest BCUT2D eigenvalue weighted by atomic mass is 32.1. The highest BCUT2D eigenvalue weighted by Crippen LogP contribution is 2.37. The predicted molar refractivity (Wildman–Crippen MR) is 165 cm³/mol. The van der Waals surface area contributed by atoms with Crippen molar-refractivity contribution < 1.29 is 23.7 Å². The summed E-state index contributed by atoms with van der Waals surface area (Å²) in [6.07, 6.45) is 4.10. The number of fused-ring (bicyclic) bond motifs is 1. The second-order valence-electron chi connectivity index (χ2n) is 9.87. The molecule has 0 spiro atoms. The molecule has 222 valence electrons. The van der Waals surface area contributed by atoms with Gasteiger partial charge in [0.05, 0.1) is 41.7 Å². The van der Waals surface area contributed by atoms with Crippen LogP contribution in [-0.2, 0) is 16.0 Å². The number of esters is 1. The highest BCUT2D eigenvalue weighted by Gasteiger charge is 2.35. The van der Waals surface area contributed by atoms with Crippen LogP contribution >= 0.6 is 11.3 Å². The van der Waals surface area contributed by atoms with Gasteiger partial charge in [-0.2, -0.15) is 0 Å². The first-order valence-electron chi connectivity index (χ1n) is 14.2. The fraction of sp³-hybridized carbons (Fsp3) is 0.364. The van der Waals surface area contributed by atoms with E-state index in [0.717, 1.165) is 11.1 Å². The summed E-state index contributed by atoms with van der Waals surface area (Å²) in [5.74, 6) is 1.36. The van der Waals surface area contributed by atoms with Crippen LogP contribution in [0, 0.1) is 0 Å². The average Bonchev–Trinajstić information content (AvgIpc) is 3.24. The zero-order chi connectivity index (χ0) is 30.4. The van der Waals surface area contributed by atoms with Crippen LogP contribution in [0.1, 0.15) is 64.3 Å². The van der Waals surface area contributed by atoms with E-state index in [4.69, 9.17) is 23.9 Å². The lowest BCUT2D eigenvalue weighted by Gasteiger charge is -2.26. The van der Waals surface area contributed by atoms with E-state index < -0.39 is 12.0 Å². The van der Waals surface area contributed by atoms with Gasteiger partial charge in [-0.15, -0.1) is 6.58 Å². The van der Waals surface area contributed by atoms with Crippen LogP contribution in [0.5, 0.6) is 17.2 Å². The van der Waals surface area contributed by atoms with Gasteiger partial charge in [-0.3, -0.25) is 9.36 Å². The number of para-hydroxylation sites is 1. The Morgan fingerprint density at radius 3 is 2.50 bits per heavy atom. The lowest BCUT2D eigenvalue weighted by molar-refractivity contribution is -0.139. The third kappa shape index (κ3) is 6.36. The summed E-state index contributed by atoms with van der Waals surface area (Å²) in [4.78, 5) is 32.6. The number of rotatable bonds is 12. The van der Waals surface area contributed by atoms with Gasteiger partial charge in [0, 0.05) is 11.1 Å². The Bertz CT molecular complexity index is 1680. The number of carbonyl (C=O) groups excluding carboxylic acids is 1. The summed E-state index contributed by atoms with van der Waals surface area (Å²) >= 11 is 1.27. The van der Waals surface area contributed by atoms with Crippen LogP contribution in [0.4, 0.5) is 0 Å². The maximum absolute atomic E-state index is 14.2. The summed E-state index contributed by atoms with van der Waals surface area (Å²) in [7, 11) is 0. The largest absolute Gasteiger partial charge is 0.491 e. The fourth-order valence-corrected chi connectivity index (χ4v) is 6.00. The molecular weight excluding hydrogens is 552 g/mol. The molecule has 0 saturated heterocycles. The van der Waals surface area contributed by atoms with Crippen LogP contribution in [0.25, 0.3) is 6.08 Å². The van der Waals surface area contributed by atoms with Crippen molar-refractivity contribution in [3.05, 3.63) is 96.7 Å². The lowest BCUT2D eigenvalue weighted by atomic mass is 9.95. The topological polar surface area (TPSA) is 88.4 Å². The number of carbonyl (C=O) groups is 1. The molecule has 2 heterocycles. The lowest BCUT2D eigenvalue weighted by Crippen LogP contribution is -2.40. The summed E-state index contributed by atoms with van der Waals surface area (Å²) in [6.45, 7) is 16.3. The van der Waals surface area contributed by atoms with Crippen molar-refractivity contribution in [2.75, 3.05) is 19.8 Å². The van der Waals surface area contributed by atoms with Gasteiger partial charge >= 0.3 is 5.97 Å². The van der Waals surface area contributed by atoms with Gasteiger partial charge in [0.15, 0.2) is 16.3 Å². The molecule has 0 saturated carbocycles. The van der Waals surface area contributed by atoms with Crippen molar-refractivity contribution in [3.63, 3.8) is 0 Å². The van der Waals surface area contributed by atoms with Crippen molar-refractivity contribution in [2.24, 2.45) is 4.99 Å². The van der Waals surface area contributed by atoms with Crippen LogP contribution in [0.3, 0.4) is 0 Å². The molecule has 0 aliphatic carbocycles. The van der Waals surface area contributed by atoms with Crippen molar-refractivity contribution >= 4 is 23.4 Å². The number of hydrogen-bond acceptors (Lipinski definition) is 8. The van der Waals surface area contributed by atoms with Gasteiger partial charge in [-0.25, -0.2) is 9.79 Å². The van der Waals surface area contributed by atoms with Gasteiger partial charge < -0.3 is 18.9 Å². The maximum atomic E-state index is 14.2. The first-order chi connectivity index (χ1) is 20.2. The fourth-order valence-electron chi connectivity index (χ4n) is 4.95. The Kier molecular flexibility index (Phi) is 10.1. The van der Waals surface area contributed by atoms with E-state index in [1.165, 1.54) is 11.3 Å². The first-order valence-corrected chi connectivity index (χ1v) is 15.0. The molecule has 0 fully saturated rings. The summed E-state index contributed by atoms with van der Waals surface area (Å²) in [5.41, 5.74) is 2.92. The van der Waals surface area contributed by atoms with Crippen LogP contribution in [0.15, 0.2) is 70.1 Å². The van der Waals surface area contributed by atoms with E-state index in [0.29, 0.717) is 63.1 Å². The van der Waals surface area contributed by atoms with E-state index in [1.54, 1.807) is 18.4 Å². The van der Waals surface area contributed by atoms with E-state index >= 15 is 0 Å². The summed E-state index contributed by atoms with van der Waals surface area (Å²) < 4.78 is 25.4. The van der Waals surface area contributed by atoms with E-state index in [-0.39, 0.29) is 18.3 Å². The summed E-state index contributed by atoms with van der Waals surface area (Å²) in [5, 5.41) is 0. The third-order valence-corrected chi connectivity index (χ3v) is 7.48. The van der Waals surface area contributed by atoms with Gasteiger partial charge in [0.1, 0.15) is 11.8 Å². The van der Waals surface area contributed by atoms with E-state index in [2.05, 4.69) is 6.58 Å². The number of nitrogens with zero attached hydrogens (tertiary/aromatic N) is 2. The number of allylic oxidation sites excluding steroid dienone is 2. The molecule has 3 aromatic rings. The van der Waals surface area contributed by atoms with E-state index in [9.17, 15) is 9.59 Å². The molecule has 9 heteroatoms. The standard InChI is InChI=1S/C33H38N2O6S/c1-8-14-23-17-22(18-26(38-9-2)30(23)39-10-3)19-27-31(36)35-29(24-15-12-13-16-25(24)41-20(5)6)28(32(37)40-11-4)21(7)34-33(35)42-27/h8,12-13,15-20,29H,1,9-11,14H2,2-7H3/b27-19+/t29-/m1/s1. The molecule has 1 aliphatic rings. The quantitative estimate of drug-likeness (QED) is 0.215. The van der Waals surface area contributed by atoms with Crippen molar-refractivity contribution in [1.29, 1.82) is 0 Å². The van der Waals surface area contributed by atoms with Crippen molar-refractivity contribution in [1.82, 2.24) is 4.57 Å². The van der Waals surface area contributed by atoms with Gasteiger partial charge in [-0.1, -0.05) is 35.6 Å². The molecule has 2 aromatic carbocycles. The van der Waals surface area contributed by atoms with Gasteiger partial charge in [0.2, 0.25) is 0 Å². The minimum atomic E-state index is -0.770. The molecule has 0 unspecified atom stereocenters. The zero-order valence-electron chi connectivity index (χ0n) is 25.1. The SMILES string of the molecule is C=CCc1cc(/C=c2/sc3n(c2=O)[C@H](c2ccccc2OC(C)C)C(C(=O)OCC)=C(C)N=3)cc(OCC)c1OCC. The number of aromatic nitrogens is 1. The maximum Gasteiger partial charge on any atom is 0.338 e. The molecule has 0 amide bonds. The highest BCUT2D eigenvalue weighted by molar-refractivity contribution is 7.07. The third-order valence-electron chi connectivity index (χ3n) is 6.50. The molecular formula is C33H38N2O6S. The molecule has 8 nitrogen and oxygen atoms in total. The Balaban J connectivity index is 1.97. The Morgan fingerprint density at radius 2 is 1.83 bits per heavy atom. The average molecular weight is 591 g/mol. The minimum absolute atomic E-state index is 0.109. The number of thiazole rings is 1. The van der Waals surface area contributed by atoms with Crippen molar-refractivity contribution in [3.8, 4) is 17.2 Å². The smallest absolute Gasteiger partial charge is 0.338 e. The van der Waals surface area contributed by atoms with E-state index in [1.807, 2.05) is 76.2 Å². The second-order valence-corrected chi connectivity index (χ2v) is 10.9. The van der Waals surface area contributed by atoms with Gasteiger partial charge in [0.25, 0.3) is 5.56 Å². The van der Waals surface area contributed by atoms with Crippen LogP contribution in [0.2, 0.25) is 0 Å². The predicted octanol–water partition coefficient (Wildman–Crippen LogP) is 5.11. The number of hydrogen-bond donors (Lipinski definition) is 0. The Morgan fingerprint density at radius 1 is 1.10 bits per heavy atom. The number of ether oxygens (including phenoxy) is 4. The first kappa shape index (κ1) is 30.8. The zero-order valence-corrected chi connectivity index (χ0v) is 25.9. The van der Waals surface area contributed by atoms with Gasteiger partial charge in [-0.05, 0) is 77.8 Å². The van der Waals surface area contributed by atoms with Crippen molar-refractivity contribution in [2.45, 2.75) is 60.1 Å². The normalized spacial score (nSPS) is 14.8. The monoisotopic (exact) mass is 590 g/mol. The summed E-state index contributed by atoms with van der Waals surface area (Å²) in [6, 6.07) is 10.5. The molecule has 4 rings (SSSR count). The molecule has 0 N–H and O–H groups in total. The molecule has 1 aromatic heterocycles. The molecule has 1 atom stereocenters. The molecule has 0 bridgehead atoms. The Hall–Kier alpha value is -4.11. The number of benzene rings is 2. The molecule has 1 aliphatic heterocycles.